The first-order valence-corrected chi connectivity index (χ1v) is 12.0. The van der Waals surface area contributed by atoms with Crippen molar-refractivity contribution in [3.05, 3.63) is 54.1 Å². The first kappa shape index (κ1) is 24.5. The van der Waals surface area contributed by atoms with Gasteiger partial charge in [-0.2, -0.15) is 4.72 Å². The van der Waals surface area contributed by atoms with Crippen LogP contribution in [0.25, 0.3) is 0 Å². The van der Waals surface area contributed by atoms with Gasteiger partial charge in [-0.05, 0) is 37.0 Å². The number of nitrogens with one attached hydrogen (secondary N) is 1. The lowest BCUT2D eigenvalue weighted by molar-refractivity contribution is -0.150. The Bertz CT molecular complexity index is 1070. The lowest BCUT2D eigenvalue weighted by atomic mass is 10.1. The van der Waals surface area contributed by atoms with Gasteiger partial charge in [0.05, 0.1) is 19.1 Å². The number of ether oxygens (including phenoxy) is 3. The van der Waals surface area contributed by atoms with E-state index in [4.69, 9.17) is 14.2 Å². The zero-order valence-electron chi connectivity index (χ0n) is 18.7. The van der Waals surface area contributed by atoms with Crippen LogP contribution in [0.3, 0.4) is 0 Å². The molecule has 9 nitrogen and oxygen atoms in total. The lowest BCUT2D eigenvalue weighted by Gasteiger charge is -2.24. The molecule has 1 heterocycles. The number of methoxy groups -OCH3 is 2. The topological polar surface area (TPSA) is 111 Å². The average molecular weight is 477 g/mol. The summed E-state index contributed by atoms with van der Waals surface area (Å²) >= 11 is 0. The summed E-state index contributed by atoms with van der Waals surface area (Å²) in [6, 6.07) is 12.4. The van der Waals surface area contributed by atoms with Crippen LogP contribution in [0, 0.1) is 0 Å². The number of carbonyl (C=O) groups excluding carboxylic acids is 2. The first-order valence-electron chi connectivity index (χ1n) is 10.6. The molecule has 1 N–H and O–H groups in total. The maximum Gasteiger partial charge on any atom is 0.325 e. The van der Waals surface area contributed by atoms with Crippen molar-refractivity contribution in [2.75, 3.05) is 27.3 Å². The van der Waals surface area contributed by atoms with Crippen molar-refractivity contribution in [3.8, 4) is 11.5 Å². The highest BCUT2D eigenvalue weighted by atomic mass is 32.2. The number of esters is 1. The van der Waals surface area contributed by atoms with Gasteiger partial charge in [-0.25, -0.2) is 8.42 Å². The Labute approximate surface area is 193 Å². The molecule has 1 saturated heterocycles. The molecule has 1 amide bonds. The van der Waals surface area contributed by atoms with Crippen molar-refractivity contribution in [2.24, 2.45) is 0 Å². The van der Waals surface area contributed by atoms with Crippen molar-refractivity contribution in [1.82, 2.24) is 9.62 Å². The van der Waals surface area contributed by atoms with Crippen molar-refractivity contribution in [1.29, 1.82) is 0 Å². The zero-order chi connectivity index (χ0) is 23.8. The van der Waals surface area contributed by atoms with E-state index < -0.39 is 27.9 Å². The first-order chi connectivity index (χ1) is 15.8. The normalized spacial score (nSPS) is 16.7. The van der Waals surface area contributed by atoms with Crippen LogP contribution >= 0.6 is 0 Å². The molecule has 2 aromatic rings. The van der Waals surface area contributed by atoms with E-state index in [1.165, 1.54) is 37.3 Å². The highest BCUT2D eigenvalue weighted by molar-refractivity contribution is 7.89. The molecule has 2 aromatic carbocycles. The Kier molecular flexibility index (Phi) is 8.29. The SMILES string of the molecule is COc1ccc(S(=O)(=O)NC2CCCCN(CC(=O)OCc3ccccc3)C2=O)cc1OC. The van der Waals surface area contributed by atoms with Gasteiger partial charge in [-0.15, -0.1) is 0 Å². The predicted molar refractivity (Wildman–Crippen MR) is 120 cm³/mol. The summed E-state index contributed by atoms with van der Waals surface area (Å²) in [5.74, 6) is -0.346. The third-order valence-electron chi connectivity index (χ3n) is 5.31. The Morgan fingerprint density at radius 2 is 1.79 bits per heavy atom. The van der Waals surface area contributed by atoms with Crippen LogP contribution < -0.4 is 14.2 Å². The molecule has 3 rings (SSSR count). The van der Waals surface area contributed by atoms with E-state index in [9.17, 15) is 18.0 Å². The Hall–Kier alpha value is -3.11. The second kappa shape index (κ2) is 11.2. The minimum absolute atomic E-state index is 0.0500. The van der Waals surface area contributed by atoms with Gasteiger partial charge in [0.15, 0.2) is 11.5 Å². The molecule has 0 aromatic heterocycles. The van der Waals surface area contributed by atoms with Crippen LogP contribution in [-0.2, 0) is 31.0 Å². The molecule has 0 bridgehead atoms. The van der Waals surface area contributed by atoms with Gasteiger partial charge in [0.1, 0.15) is 19.2 Å². The molecule has 1 atom stereocenters. The van der Waals surface area contributed by atoms with E-state index in [0.717, 1.165) is 5.56 Å². The predicted octanol–water partition coefficient (Wildman–Crippen LogP) is 2.11. The number of rotatable bonds is 9. The van der Waals surface area contributed by atoms with Crippen LogP contribution in [0.5, 0.6) is 11.5 Å². The Balaban J connectivity index is 1.66. The fourth-order valence-electron chi connectivity index (χ4n) is 3.55. The summed E-state index contributed by atoms with van der Waals surface area (Å²) in [5, 5.41) is 0. The smallest absolute Gasteiger partial charge is 0.325 e. The summed E-state index contributed by atoms with van der Waals surface area (Å²) in [7, 11) is -1.15. The maximum atomic E-state index is 13.0. The second-order valence-corrected chi connectivity index (χ2v) is 9.31. The van der Waals surface area contributed by atoms with E-state index in [1.807, 2.05) is 30.3 Å². The van der Waals surface area contributed by atoms with Crippen molar-refractivity contribution >= 4 is 21.9 Å². The van der Waals surface area contributed by atoms with Gasteiger partial charge < -0.3 is 19.1 Å². The lowest BCUT2D eigenvalue weighted by Crippen LogP contribution is -2.48. The Morgan fingerprint density at radius 1 is 1.06 bits per heavy atom. The Morgan fingerprint density at radius 3 is 2.48 bits per heavy atom. The van der Waals surface area contributed by atoms with Crippen LogP contribution in [0.15, 0.2) is 53.4 Å². The maximum absolute atomic E-state index is 13.0. The van der Waals surface area contributed by atoms with Crippen LogP contribution in [0.1, 0.15) is 24.8 Å². The zero-order valence-corrected chi connectivity index (χ0v) is 19.5. The number of hydrogen-bond acceptors (Lipinski definition) is 7. The van der Waals surface area contributed by atoms with Crippen LogP contribution in [0.4, 0.5) is 0 Å². The second-order valence-electron chi connectivity index (χ2n) is 7.59. The molecule has 178 valence electrons. The van der Waals surface area contributed by atoms with Crippen molar-refractivity contribution in [3.63, 3.8) is 0 Å². The fourth-order valence-corrected chi connectivity index (χ4v) is 4.79. The van der Waals surface area contributed by atoms with Crippen molar-refractivity contribution < 1.29 is 32.2 Å². The number of benzene rings is 2. The highest BCUT2D eigenvalue weighted by Crippen LogP contribution is 2.29. The van der Waals surface area contributed by atoms with E-state index in [-0.39, 0.29) is 23.8 Å². The van der Waals surface area contributed by atoms with E-state index in [0.29, 0.717) is 31.6 Å². The van der Waals surface area contributed by atoms with Crippen LogP contribution in [0.2, 0.25) is 0 Å². The minimum Gasteiger partial charge on any atom is -0.493 e. The molecule has 0 aliphatic carbocycles. The third kappa shape index (κ3) is 6.45. The molecule has 0 saturated carbocycles. The minimum atomic E-state index is -4.01. The van der Waals surface area contributed by atoms with E-state index in [1.54, 1.807) is 0 Å². The molecule has 33 heavy (non-hydrogen) atoms. The quantitative estimate of drug-likeness (QED) is 0.552. The number of carbonyl (C=O) groups is 2. The molecule has 0 spiro atoms. The van der Waals surface area contributed by atoms with Gasteiger partial charge in [0, 0.05) is 12.6 Å². The number of nitrogens with zero attached hydrogens (tertiary/aromatic N) is 1. The highest BCUT2D eigenvalue weighted by Gasteiger charge is 2.32. The number of sulfonamides is 1. The summed E-state index contributed by atoms with van der Waals surface area (Å²) in [4.78, 5) is 26.6. The fraction of sp³-hybridized carbons (Fsp3) is 0.391. The molecular weight excluding hydrogens is 448 g/mol. The van der Waals surface area contributed by atoms with E-state index in [2.05, 4.69) is 4.72 Å². The molecule has 10 heteroatoms. The monoisotopic (exact) mass is 476 g/mol. The number of amides is 1. The van der Waals surface area contributed by atoms with Gasteiger partial charge in [0.2, 0.25) is 15.9 Å². The average Bonchev–Trinajstić information content (AvgIpc) is 2.99. The van der Waals surface area contributed by atoms with Gasteiger partial charge in [-0.1, -0.05) is 30.3 Å². The van der Waals surface area contributed by atoms with Crippen LogP contribution in [-0.4, -0.2) is 58.5 Å². The summed E-state index contributed by atoms with van der Waals surface area (Å²) in [5.41, 5.74) is 0.841. The van der Waals surface area contributed by atoms with Gasteiger partial charge in [0.25, 0.3) is 0 Å². The number of hydrogen-bond donors (Lipinski definition) is 1. The number of likely N-dealkylation sites (tertiary alicyclic amines) is 1. The summed E-state index contributed by atoms with van der Waals surface area (Å²) in [6.07, 6.45) is 1.63. The molecular formula is C23H28N2O7S. The molecule has 1 fully saturated rings. The van der Waals surface area contributed by atoms with Gasteiger partial charge in [-0.3, -0.25) is 9.59 Å². The summed E-state index contributed by atoms with van der Waals surface area (Å²) < 4.78 is 44.0. The molecule has 1 unspecified atom stereocenters. The van der Waals surface area contributed by atoms with Gasteiger partial charge >= 0.3 is 5.97 Å². The molecule has 0 radical (unpaired) electrons. The van der Waals surface area contributed by atoms with E-state index >= 15 is 0 Å². The van der Waals surface area contributed by atoms with Crippen molar-refractivity contribution in [2.45, 2.75) is 36.8 Å². The standard InChI is InChI=1S/C23H28N2O7S/c1-30-20-12-11-18(14-21(20)31-2)33(28,29)24-19-10-6-7-13-25(23(19)27)15-22(26)32-16-17-8-4-3-5-9-17/h3-5,8-9,11-12,14,19,24H,6-7,10,13,15-16H2,1-2H3. The summed E-state index contributed by atoms with van der Waals surface area (Å²) in [6.45, 7) is 0.227. The third-order valence-corrected chi connectivity index (χ3v) is 6.78. The largest absolute Gasteiger partial charge is 0.493 e. The molecule has 1 aliphatic rings. The molecule has 1 aliphatic heterocycles.